The van der Waals surface area contributed by atoms with E-state index in [1.807, 2.05) is 12.1 Å². The lowest BCUT2D eigenvalue weighted by Gasteiger charge is -2.17. The van der Waals surface area contributed by atoms with Crippen LogP contribution in [0.25, 0.3) is 10.9 Å². The van der Waals surface area contributed by atoms with E-state index in [2.05, 4.69) is 4.98 Å². The van der Waals surface area contributed by atoms with E-state index >= 15 is 0 Å². The van der Waals surface area contributed by atoms with Gasteiger partial charge in [-0.05, 0) is 25.0 Å². The predicted molar refractivity (Wildman–Crippen MR) is 68.4 cm³/mol. The summed E-state index contributed by atoms with van der Waals surface area (Å²) in [5.41, 5.74) is 8.83. The van der Waals surface area contributed by atoms with Crippen molar-refractivity contribution in [2.24, 2.45) is 0 Å². The Morgan fingerprint density at radius 3 is 2.94 bits per heavy atom. The van der Waals surface area contributed by atoms with E-state index in [0.29, 0.717) is 28.3 Å². The molecule has 0 fully saturated rings. The molecule has 3 rings (SSSR count). The molecule has 0 bridgehead atoms. The number of rotatable bonds is 0. The third kappa shape index (κ3) is 1.50. The Balaban J connectivity index is 2.43. The number of nitrogens with zero attached hydrogens (tertiary/aromatic N) is 1. The summed E-state index contributed by atoms with van der Waals surface area (Å²) < 4.78 is 0. The van der Waals surface area contributed by atoms with Crippen molar-refractivity contribution in [1.29, 1.82) is 0 Å². The zero-order valence-corrected chi connectivity index (χ0v) is 9.92. The average Bonchev–Trinajstić information content (AvgIpc) is 2.31. The zero-order chi connectivity index (χ0) is 12.0. The molecule has 0 saturated heterocycles. The lowest BCUT2D eigenvalue weighted by molar-refractivity contribution is 0.0968. The molecule has 0 amide bonds. The molecule has 0 radical (unpaired) electrons. The summed E-state index contributed by atoms with van der Waals surface area (Å²) in [4.78, 5) is 16.2. The number of nitrogen functional groups attached to an aromatic ring is 1. The molecule has 3 nitrogen and oxygen atoms in total. The highest BCUT2D eigenvalue weighted by Gasteiger charge is 2.23. The van der Waals surface area contributed by atoms with Crippen LogP contribution in [0.15, 0.2) is 18.2 Å². The van der Waals surface area contributed by atoms with Crippen molar-refractivity contribution in [2.75, 3.05) is 5.73 Å². The summed E-state index contributed by atoms with van der Waals surface area (Å²) in [6.45, 7) is 0. The smallest absolute Gasteiger partial charge is 0.181 e. The van der Waals surface area contributed by atoms with Crippen molar-refractivity contribution in [3.05, 3.63) is 34.5 Å². The molecule has 1 heterocycles. The SMILES string of the molecule is Nc1c2c(nc3cccc(Cl)c13)C(=O)CCC2. The summed E-state index contributed by atoms with van der Waals surface area (Å²) in [7, 11) is 0. The van der Waals surface area contributed by atoms with Crippen LogP contribution in [0, 0.1) is 0 Å². The van der Waals surface area contributed by atoms with Crippen molar-refractivity contribution >= 4 is 34.0 Å². The van der Waals surface area contributed by atoms with E-state index in [1.165, 1.54) is 0 Å². The Kier molecular flexibility index (Phi) is 2.30. The van der Waals surface area contributed by atoms with Crippen LogP contribution in [0.5, 0.6) is 0 Å². The molecular weight excluding hydrogens is 236 g/mol. The number of anilines is 1. The third-order valence-electron chi connectivity index (χ3n) is 3.20. The van der Waals surface area contributed by atoms with E-state index in [4.69, 9.17) is 17.3 Å². The molecule has 1 aromatic carbocycles. The standard InChI is InChI=1S/C13H11ClN2O/c14-8-4-2-5-9-11(8)12(15)7-3-1-6-10(17)13(7)16-9/h2,4-5H,1,3,6H2,(H2,15,16). The maximum absolute atomic E-state index is 11.8. The fraction of sp³-hybridized carbons (Fsp3) is 0.231. The van der Waals surface area contributed by atoms with Gasteiger partial charge >= 0.3 is 0 Å². The Morgan fingerprint density at radius 1 is 1.29 bits per heavy atom. The number of fused-ring (bicyclic) bond motifs is 2. The van der Waals surface area contributed by atoms with Crippen LogP contribution in [-0.2, 0) is 6.42 Å². The van der Waals surface area contributed by atoms with E-state index in [-0.39, 0.29) is 5.78 Å². The van der Waals surface area contributed by atoms with Crippen LogP contribution in [0.1, 0.15) is 28.9 Å². The maximum Gasteiger partial charge on any atom is 0.181 e. The largest absolute Gasteiger partial charge is 0.398 e. The maximum atomic E-state index is 11.8. The van der Waals surface area contributed by atoms with Crippen molar-refractivity contribution < 1.29 is 4.79 Å². The minimum atomic E-state index is 0.0832. The number of ketones is 1. The number of pyridine rings is 1. The second-order valence-electron chi connectivity index (χ2n) is 4.26. The highest BCUT2D eigenvalue weighted by Crippen LogP contribution is 2.34. The van der Waals surface area contributed by atoms with Crippen LogP contribution >= 0.6 is 11.6 Å². The van der Waals surface area contributed by atoms with E-state index < -0.39 is 0 Å². The third-order valence-corrected chi connectivity index (χ3v) is 3.51. The van der Waals surface area contributed by atoms with Crippen LogP contribution in [0.2, 0.25) is 5.02 Å². The molecule has 2 N–H and O–H groups in total. The van der Waals surface area contributed by atoms with Crippen molar-refractivity contribution in [2.45, 2.75) is 19.3 Å². The van der Waals surface area contributed by atoms with Gasteiger partial charge in [-0.1, -0.05) is 17.7 Å². The summed E-state index contributed by atoms with van der Waals surface area (Å²) >= 11 is 6.14. The van der Waals surface area contributed by atoms with Gasteiger partial charge in [0.05, 0.1) is 10.5 Å². The summed E-state index contributed by atoms with van der Waals surface area (Å²) in [6, 6.07) is 5.44. The first-order valence-electron chi connectivity index (χ1n) is 5.58. The topological polar surface area (TPSA) is 56.0 Å². The van der Waals surface area contributed by atoms with Crippen LogP contribution < -0.4 is 5.73 Å². The van der Waals surface area contributed by atoms with E-state index in [9.17, 15) is 4.79 Å². The van der Waals surface area contributed by atoms with Crippen LogP contribution in [0.4, 0.5) is 5.69 Å². The number of hydrogen-bond acceptors (Lipinski definition) is 3. The Morgan fingerprint density at radius 2 is 2.12 bits per heavy atom. The van der Waals surface area contributed by atoms with Gasteiger partial charge in [-0.25, -0.2) is 4.98 Å². The van der Waals surface area contributed by atoms with Crippen molar-refractivity contribution in [3.8, 4) is 0 Å². The Bertz CT molecular complexity index is 637. The molecule has 0 atom stereocenters. The predicted octanol–water partition coefficient (Wildman–Crippen LogP) is 2.99. The molecule has 17 heavy (non-hydrogen) atoms. The number of Topliss-reactive ketones (excluding diaryl/α,β-unsaturated/α-hetero) is 1. The molecule has 4 heteroatoms. The second kappa shape index (κ2) is 3.70. The molecule has 86 valence electrons. The number of carbonyl (C=O) groups is 1. The summed E-state index contributed by atoms with van der Waals surface area (Å²) in [5, 5.41) is 1.36. The van der Waals surface area contributed by atoms with Gasteiger partial charge in [0.15, 0.2) is 5.78 Å². The number of benzene rings is 1. The summed E-state index contributed by atoms with van der Waals surface area (Å²) in [5.74, 6) is 0.0832. The monoisotopic (exact) mass is 246 g/mol. The van der Waals surface area contributed by atoms with Crippen molar-refractivity contribution in [3.63, 3.8) is 0 Å². The van der Waals surface area contributed by atoms with Gasteiger partial charge in [-0.3, -0.25) is 4.79 Å². The molecule has 1 aromatic heterocycles. The highest BCUT2D eigenvalue weighted by molar-refractivity contribution is 6.36. The second-order valence-corrected chi connectivity index (χ2v) is 4.67. The number of nitrogens with two attached hydrogens (primary N) is 1. The first-order valence-corrected chi connectivity index (χ1v) is 5.96. The highest BCUT2D eigenvalue weighted by atomic mass is 35.5. The number of hydrogen-bond donors (Lipinski definition) is 1. The molecule has 0 unspecified atom stereocenters. The van der Waals surface area contributed by atoms with Gasteiger partial charge in [-0.2, -0.15) is 0 Å². The number of halogens is 1. The lowest BCUT2D eigenvalue weighted by atomic mass is 9.92. The van der Waals surface area contributed by atoms with Gasteiger partial charge < -0.3 is 5.73 Å². The molecule has 0 spiro atoms. The Labute approximate surface area is 104 Å². The lowest BCUT2D eigenvalue weighted by Crippen LogP contribution is -2.15. The van der Waals surface area contributed by atoms with Gasteiger partial charge in [-0.15, -0.1) is 0 Å². The summed E-state index contributed by atoms with van der Waals surface area (Å²) in [6.07, 6.45) is 2.21. The first kappa shape index (κ1) is 10.5. The molecule has 0 saturated carbocycles. The van der Waals surface area contributed by atoms with Crippen LogP contribution in [-0.4, -0.2) is 10.8 Å². The van der Waals surface area contributed by atoms with Gasteiger partial charge in [0.1, 0.15) is 5.69 Å². The fourth-order valence-electron chi connectivity index (χ4n) is 2.37. The van der Waals surface area contributed by atoms with E-state index in [0.717, 1.165) is 23.8 Å². The molecule has 0 aliphatic heterocycles. The van der Waals surface area contributed by atoms with Crippen LogP contribution in [0.3, 0.4) is 0 Å². The molecule has 2 aromatic rings. The van der Waals surface area contributed by atoms with Crippen molar-refractivity contribution in [1.82, 2.24) is 4.98 Å². The quantitative estimate of drug-likeness (QED) is 0.778. The van der Waals surface area contributed by atoms with Gasteiger partial charge in [0.25, 0.3) is 0 Å². The molecular formula is C13H11ClN2O. The first-order chi connectivity index (χ1) is 8.18. The minimum absolute atomic E-state index is 0.0832. The number of carbonyl (C=O) groups excluding carboxylic acids is 1. The number of aromatic nitrogens is 1. The Hall–Kier alpha value is -1.61. The van der Waals surface area contributed by atoms with E-state index in [1.54, 1.807) is 6.07 Å². The van der Waals surface area contributed by atoms with Gasteiger partial charge in [0.2, 0.25) is 0 Å². The zero-order valence-electron chi connectivity index (χ0n) is 9.16. The van der Waals surface area contributed by atoms with Gasteiger partial charge in [0, 0.05) is 23.1 Å². The average molecular weight is 247 g/mol. The molecule has 1 aliphatic rings. The normalized spacial score (nSPS) is 15.0. The fourth-order valence-corrected chi connectivity index (χ4v) is 2.64. The molecule has 1 aliphatic carbocycles. The minimum Gasteiger partial charge on any atom is -0.398 e.